The lowest BCUT2D eigenvalue weighted by Gasteiger charge is -2.27. The average Bonchev–Trinajstić information content (AvgIpc) is 2.02. The summed E-state index contributed by atoms with van der Waals surface area (Å²) < 4.78 is 0. The second-order valence-corrected chi connectivity index (χ2v) is 4.31. The molecule has 0 aromatic heterocycles. The molecule has 1 aliphatic carbocycles. The number of rotatable bonds is 7. The van der Waals surface area contributed by atoms with Gasteiger partial charge in [-0.3, -0.25) is 0 Å². The van der Waals surface area contributed by atoms with Crippen molar-refractivity contribution in [1.29, 1.82) is 0 Å². The fourth-order valence-electron chi connectivity index (χ4n) is 1.63. The molecule has 0 bridgehead atoms. The van der Waals surface area contributed by atoms with E-state index in [2.05, 4.69) is 24.5 Å². The van der Waals surface area contributed by atoms with Gasteiger partial charge < -0.3 is 10.6 Å². The summed E-state index contributed by atoms with van der Waals surface area (Å²) in [5, 5.41) is 7.01. The first-order valence-corrected chi connectivity index (χ1v) is 5.77. The monoisotopic (exact) mass is 184 g/mol. The minimum absolute atomic E-state index is 0.632. The third-order valence-electron chi connectivity index (χ3n) is 2.86. The van der Waals surface area contributed by atoms with Gasteiger partial charge in [-0.15, -0.1) is 0 Å². The first kappa shape index (κ1) is 11.0. The van der Waals surface area contributed by atoms with E-state index in [0.29, 0.717) is 6.04 Å². The molecule has 78 valence electrons. The van der Waals surface area contributed by atoms with E-state index in [1.54, 1.807) is 0 Å². The second-order valence-electron chi connectivity index (χ2n) is 4.31. The Bertz CT molecular complexity index is 121. The minimum Gasteiger partial charge on any atom is -0.315 e. The highest BCUT2D eigenvalue weighted by atomic mass is 15.0. The van der Waals surface area contributed by atoms with Crippen molar-refractivity contribution >= 4 is 0 Å². The van der Waals surface area contributed by atoms with Gasteiger partial charge in [-0.1, -0.05) is 13.3 Å². The lowest BCUT2D eigenvalue weighted by atomic mass is 9.85. The Balaban J connectivity index is 1.87. The Morgan fingerprint density at radius 3 is 2.69 bits per heavy atom. The molecule has 13 heavy (non-hydrogen) atoms. The van der Waals surface area contributed by atoms with Gasteiger partial charge in [0.1, 0.15) is 0 Å². The Hall–Kier alpha value is -0.0800. The molecule has 2 N–H and O–H groups in total. The van der Waals surface area contributed by atoms with E-state index in [9.17, 15) is 0 Å². The van der Waals surface area contributed by atoms with Gasteiger partial charge in [-0.25, -0.2) is 0 Å². The smallest absolute Gasteiger partial charge is 0.0164 e. The van der Waals surface area contributed by atoms with Crippen molar-refractivity contribution < 1.29 is 0 Å². The highest BCUT2D eigenvalue weighted by molar-refractivity contribution is 4.74. The van der Waals surface area contributed by atoms with Crippen molar-refractivity contribution in [2.45, 2.75) is 45.6 Å². The molecule has 0 spiro atoms. The SMILES string of the molecule is CCCNCC(C)NCC1CCC1. The summed E-state index contributed by atoms with van der Waals surface area (Å²) in [5.41, 5.74) is 0. The van der Waals surface area contributed by atoms with Crippen LogP contribution < -0.4 is 10.6 Å². The Morgan fingerprint density at radius 2 is 2.15 bits per heavy atom. The van der Waals surface area contributed by atoms with E-state index in [1.165, 1.54) is 32.2 Å². The fourth-order valence-corrected chi connectivity index (χ4v) is 1.63. The van der Waals surface area contributed by atoms with Crippen LogP contribution in [0.1, 0.15) is 39.5 Å². The zero-order chi connectivity index (χ0) is 9.52. The van der Waals surface area contributed by atoms with Gasteiger partial charge in [0.25, 0.3) is 0 Å². The zero-order valence-electron chi connectivity index (χ0n) is 9.10. The molecule has 0 heterocycles. The van der Waals surface area contributed by atoms with Gasteiger partial charge in [0.2, 0.25) is 0 Å². The van der Waals surface area contributed by atoms with E-state index in [0.717, 1.165) is 19.0 Å². The average molecular weight is 184 g/mol. The molecular weight excluding hydrogens is 160 g/mol. The standard InChI is InChI=1S/C11H24N2/c1-3-7-12-8-10(2)13-9-11-5-4-6-11/h10-13H,3-9H2,1-2H3. The van der Waals surface area contributed by atoms with E-state index < -0.39 is 0 Å². The highest BCUT2D eigenvalue weighted by Gasteiger charge is 2.17. The van der Waals surface area contributed by atoms with Crippen LogP contribution in [-0.4, -0.2) is 25.7 Å². The molecule has 1 unspecified atom stereocenters. The van der Waals surface area contributed by atoms with E-state index in [1.807, 2.05) is 0 Å². The summed E-state index contributed by atoms with van der Waals surface area (Å²) in [6.45, 7) is 7.96. The Kier molecular flexibility index (Phi) is 5.40. The maximum atomic E-state index is 3.58. The van der Waals surface area contributed by atoms with Crippen LogP contribution in [0, 0.1) is 5.92 Å². The second kappa shape index (κ2) is 6.39. The predicted molar refractivity (Wildman–Crippen MR) is 58.0 cm³/mol. The summed E-state index contributed by atoms with van der Waals surface area (Å²) in [6.07, 6.45) is 5.58. The summed E-state index contributed by atoms with van der Waals surface area (Å²) in [7, 11) is 0. The van der Waals surface area contributed by atoms with Gasteiger partial charge >= 0.3 is 0 Å². The van der Waals surface area contributed by atoms with Crippen LogP contribution in [0.4, 0.5) is 0 Å². The molecule has 1 atom stereocenters. The van der Waals surface area contributed by atoms with Crippen molar-refractivity contribution in [3.8, 4) is 0 Å². The van der Waals surface area contributed by atoms with Gasteiger partial charge in [-0.2, -0.15) is 0 Å². The molecule has 0 aliphatic heterocycles. The van der Waals surface area contributed by atoms with Crippen LogP contribution in [0.3, 0.4) is 0 Å². The molecule has 2 heteroatoms. The van der Waals surface area contributed by atoms with Crippen molar-refractivity contribution in [3.63, 3.8) is 0 Å². The lowest BCUT2D eigenvalue weighted by molar-refractivity contribution is 0.290. The normalized spacial score (nSPS) is 19.8. The van der Waals surface area contributed by atoms with Crippen LogP contribution in [0.25, 0.3) is 0 Å². The van der Waals surface area contributed by atoms with Crippen LogP contribution in [-0.2, 0) is 0 Å². The van der Waals surface area contributed by atoms with Crippen molar-refractivity contribution in [3.05, 3.63) is 0 Å². The third-order valence-corrected chi connectivity index (χ3v) is 2.86. The first-order valence-electron chi connectivity index (χ1n) is 5.77. The molecule has 1 rings (SSSR count). The van der Waals surface area contributed by atoms with Crippen molar-refractivity contribution in [2.24, 2.45) is 5.92 Å². The lowest BCUT2D eigenvalue weighted by Crippen LogP contribution is -2.40. The van der Waals surface area contributed by atoms with Gasteiger partial charge in [-0.05, 0) is 45.2 Å². The largest absolute Gasteiger partial charge is 0.315 e. The van der Waals surface area contributed by atoms with Crippen molar-refractivity contribution in [1.82, 2.24) is 10.6 Å². The third kappa shape index (κ3) is 4.63. The molecule has 2 nitrogen and oxygen atoms in total. The van der Waals surface area contributed by atoms with E-state index in [4.69, 9.17) is 0 Å². The fraction of sp³-hybridized carbons (Fsp3) is 1.00. The van der Waals surface area contributed by atoms with Crippen LogP contribution >= 0.6 is 0 Å². The molecular formula is C11H24N2. The van der Waals surface area contributed by atoms with Crippen LogP contribution in [0.5, 0.6) is 0 Å². The summed E-state index contributed by atoms with van der Waals surface area (Å²) in [4.78, 5) is 0. The molecule has 0 aromatic carbocycles. The molecule has 1 aliphatic rings. The molecule has 0 amide bonds. The van der Waals surface area contributed by atoms with Gasteiger partial charge in [0.05, 0.1) is 0 Å². The van der Waals surface area contributed by atoms with Crippen LogP contribution in [0.2, 0.25) is 0 Å². The summed E-state index contributed by atoms with van der Waals surface area (Å²) in [5.74, 6) is 0.980. The quantitative estimate of drug-likeness (QED) is 0.589. The molecule has 0 radical (unpaired) electrons. The minimum atomic E-state index is 0.632. The Labute approximate surface area is 82.5 Å². The van der Waals surface area contributed by atoms with E-state index >= 15 is 0 Å². The molecule has 0 saturated heterocycles. The maximum Gasteiger partial charge on any atom is 0.0164 e. The van der Waals surface area contributed by atoms with Crippen molar-refractivity contribution in [2.75, 3.05) is 19.6 Å². The first-order chi connectivity index (χ1) is 6.33. The Morgan fingerprint density at radius 1 is 1.38 bits per heavy atom. The van der Waals surface area contributed by atoms with Gasteiger partial charge in [0.15, 0.2) is 0 Å². The number of hydrogen-bond acceptors (Lipinski definition) is 2. The number of nitrogens with one attached hydrogen (secondary N) is 2. The summed E-state index contributed by atoms with van der Waals surface area (Å²) in [6, 6.07) is 0.632. The molecule has 1 saturated carbocycles. The van der Waals surface area contributed by atoms with Crippen LogP contribution in [0.15, 0.2) is 0 Å². The predicted octanol–water partition coefficient (Wildman–Crippen LogP) is 1.76. The molecule has 1 fully saturated rings. The maximum absolute atomic E-state index is 3.58. The topological polar surface area (TPSA) is 24.1 Å². The highest BCUT2D eigenvalue weighted by Crippen LogP contribution is 2.25. The zero-order valence-corrected chi connectivity index (χ0v) is 9.10. The number of hydrogen-bond donors (Lipinski definition) is 2. The summed E-state index contributed by atoms with van der Waals surface area (Å²) >= 11 is 0. The van der Waals surface area contributed by atoms with E-state index in [-0.39, 0.29) is 0 Å². The van der Waals surface area contributed by atoms with Gasteiger partial charge in [0, 0.05) is 12.6 Å². The molecule has 0 aromatic rings.